The number of anilines is 3. The standard InChI is InChI=1S/C31H32N8O4/c1-19-11-20(5-6-26(19)42-22-7-8-39-28(12-22)33-18-35-39)36-29-23-13-25-27(14-24(23)32-17-34-29)41-16-21-15-37(9-10-38(21)25)30(40)43-31(2,3)4/h5-8,11-14,17-18,21H,9-10,15-16H2,1-4H3,(H,32,34,36)/t21-/m0/s1. The van der Waals surface area contributed by atoms with E-state index < -0.39 is 5.60 Å². The number of benzene rings is 2. The van der Waals surface area contributed by atoms with Crippen LogP contribution in [0.15, 0.2) is 61.3 Å². The summed E-state index contributed by atoms with van der Waals surface area (Å²) in [5, 5.41) is 8.46. The highest BCUT2D eigenvalue weighted by atomic mass is 16.6. The summed E-state index contributed by atoms with van der Waals surface area (Å²) in [5.41, 5.74) is 3.76. The lowest BCUT2D eigenvalue weighted by atomic mass is 10.1. The maximum Gasteiger partial charge on any atom is 0.410 e. The van der Waals surface area contributed by atoms with Gasteiger partial charge in [-0.1, -0.05) is 0 Å². The molecule has 2 aromatic carbocycles. The maximum atomic E-state index is 12.7. The van der Waals surface area contributed by atoms with E-state index in [4.69, 9.17) is 14.2 Å². The van der Waals surface area contributed by atoms with Crippen LogP contribution in [-0.2, 0) is 4.74 Å². The van der Waals surface area contributed by atoms with Crippen LogP contribution >= 0.6 is 0 Å². The molecule has 2 aliphatic rings. The smallest absolute Gasteiger partial charge is 0.410 e. The number of hydrogen-bond acceptors (Lipinski definition) is 10. The Morgan fingerprint density at radius 1 is 1.05 bits per heavy atom. The first-order valence-corrected chi connectivity index (χ1v) is 14.2. The molecule has 0 aliphatic carbocycles. The quantitative estimate of drug-likeness (QED) is 0.299. The van der Waals surface area contributed by atoms with Crippen LogP contribution in [0.4, 0.5) is 22.0 Å². The summed E-state index contributed by atoms with van der Waals surface area (Å²) in [6.45, 7) is 9.89. The molecule has 7 rings (SSSR count). The van der Waals surface area contributed by atoms with Gasteiger partial charge in [0.15, 0.2) is 5.65 Å². The summed E-state index contributed by atoms with van der Waals surface area (Å²) in [6, 6.07) is 13.7. The Morgan fingerprint density at radius 3 is 2.77 bits per heavy atom. The summed E-state index contributed by atoms with van der Waals surface area (Å²) in [6.07, 6.45) is 4.58. The minimum Gasteiger partial charge on any atom is -0.489 e. The van der Waals surface area contributed by atoms with E-state index in [1.165, 1.54) is 6.33 Å². The molecule has 5 heterocycles. The van der Waals surface area contributed by atoms with Crippen LogP contribution in [0.1, 0.15) is 26.3 Å². The molecule has 1 N–H and O–H groups in total. The second-order valence-corrected chi connectivity index (χ2v) is 11.8. The molecule has 12 nitrogen and oxygen atoms in total. The zero-order valence-corrected chi connectivity index (χ0v) is 24.4. The summed E-state index contributed by atoms with van der Waals surface area (Å²) in [7, 11) is 0. The van der Waals surface area contributed by atoms with Crippen LogP contribution in [0.3, 0.4) is 0 Å². The van der Waals surface area contributed by atoms with Crippen molar-refractivity contribution in [3.63, 3.8) is 0 Å². The zero-order valence-electron chi connectivity index (χ0n) is 24.4. The molecule has 1 saturated heterocycles. The Balaban J connectivity index is 1.11. The molecule has 220 valence electrons. The van der Waals surface area contributed by atoms with E-state index in [1.54, 1.807) is 15.7 Å². The van der Waals surface area contributed by atoms with Gasteiger partial charge in [0.2, 0.25) is 0 Å². The Kier molecular flexibility index (Phi) is 6.41. The molecule has 43 heavy (non-hydrogen) atoms. The molecule has 0 spiro atoms. The molecule has 5 aromatic rings. The summed E-state index contributed by atoms with van der Waals surface area (Å²) in [5.74, 6) is 2.89. The molecule has 1 amide bonds. The number of hydrogen-bond donors (Lipinski definition) is 1. The minimum absolute atomic E-state index is 0.0212. The fourth-order valence-electron chi connectivity index (χ4n) is 5.47. The molecule has 3 aromatic heterocycles. The van der Waals surface area contributed by atoms with Crippen LogP contribution in [-0.4, -0.2) is 73.4 Å². The second-order valence-electron chi connectivity index (χ2n) is 11.8. The number of nitrogens with zero attached hydrogens (tertiary/aromatic N) is 7. The molecule has 0 bridgehead atoms. The summed E-state index contributed by atoms with van der Waals surface area (Å²) < 4.78 is 19.6. The number of ether oxygens (including phenoxy) is 3. The van der Waals surface area contributed by atoms with Gasteiger partial charge in [-0.2, -0.15) is 5.10 Å². The molecular weight excluding hydrogens is 548 g/mol. The van der Waals surface area contributed by atoms with Gasteiger partial charge in [-0.3, -0.25) is 0 Å². The summed E-state index contributed by atoms with van der Waals surface area (Å²) >= 11 is 0. The average molecular weight is 581 g/mol. The fraction of sp³-hybridized carbons (Fsp3) is 0.323. The van der Waals surface area contributed by atoms with Crippen molar-refractivity contribution in [1.29, 1.82) is 0 Å². The van der Waals surface area contributed by atoms with E-state index in [9.17, 15) is 4.79 Å². The molecular formula is C31H32N8O4. The van der Waals surface area contributed by atoms with Crippen LogP contribution < -0.4 is 19.7 Å². The Labute approximate surface area is 248 Å². The fourth-order valence-corrected chi connectivity index (χ4v) is 5.47. The minimum atomic E-state index is -0.536. The van der Waals surface area contributed by atoms with Gasteiger partial charge in [0.05, 0.1) is 17.2 Å². The van der Waals surface area contributed by atoms with Crippen LogP contribution in [0.25, 0.3) is 16.6 Å². The zero-order chi connectivity index (χ0) is 29.7. The van der Waals surface area contributed by atoms with Crippen LogP contribution in [0.2, 0.25) is 0 Å². The highest BCUT2D eigenvalue weighted by Crippen LogP contribution is 2.40. The van der Waals surface area contributed by atoms with Crippen LogP contribution in [0.5, 0.6) is 17.2 Å². The molecule has 1 fully saturated rings. The number of aromatic nitrogens is 5. The number of aryl methyl sites for hydroxylation is 1. The molecule has 0 unspecified atom stereocenters. The van der Waals surface area contributed by atoms with Crippen molar-refractivity contribution in [2.45, 2.75) is 39.3 Å². The first kappa shape index (κ1) is 26.7. The van der Waals surface area contributed by atoms with Crippen molar-refractivity contribution in [2.24, 2.45) is 0 Å². The number of carbonyl (C=O) groups is 1. The number of rotatable bonds is 4. The van der Waals surface area contributed by atoms with E-state index >= 15 is 0 Å². The number of piperazine rings is 1. The predicted octanol–water partition coefficient (Wildman–Crippen LogP) is 5.33. The lowest BCUT2D eigenvalue weighted by Gasteiger charge is -2.45. The Bertz CT molecular complexity index is 1850. The third-order valence-corrected chi connectivity index (χ3v) is 7.51. The number of fused-ring (bicyclic) bond motifs is 5. The van der Waals surface area contributed by atoms with Gasteiger partial charge in [0.1, 0.15) is 47.9 Å². The van der Waals surface area contributed by atoms with Gasteiger partial charge in [0.25, 0.3) is 0 Å². The molecule has 1 atom stereocenters. The van der Waals surface area contributed by atoms with Crippen molar-refractivity contribution in [1.82, 2.24) is 29.5 Å². The SMILES string of the molecule is Cc1cc(Nc2ncnc3cc4c(cc23)N2CCN(C(=O)OC(C)(C)C)C[C@H]2CO4)ccc1Oc1ccn2ncnc2c1. The number of carbonyl (C=O) groups excluding carboxylic acids is 1. The van der Waals surface area contributed by atoms with E-state index in [-0.39, 0.29) is 12.1 Å². The third kappa shape index (κ3) is 5.31. The number of amides is 1. The van der Waals surface area contributed by atoms with Crippen molar-refractivity contribution < 1.29 is 19.0 Å². The van der Waals surface area contributed by atoms with Gasteiger partial charge in [-0.25, -0.2) is 24.3 Å². The topological polar surface area (TPSA) is 119 Å². The van der Waals surface area contributed by atoms with Crippen molar-refractivity contribution >= 4 is 39.8 Å². The average Bonchev–Trinajstić information content (AvgIpc) is 3.45. The highest BCUT2D eigenvalue weighted by molar-refractivity contribution is 5.95. The first-order valence-electron chi connectivity index (χ1n) is 14.2. The van der Waals surface area contributed by atoms with Crippen LogP contribution in [0, 0.1) is 6.92 Å². The lowest BCUT2D eigenvalue weighted by Crippen LogP contribution is -2.59. The number of pyridine rings is 1. The van der Waals surface area contributed by atoms with E-state index in [1.807, 2.05) is 70.3 Å². The van der Waals surface area contributed by atoms with Crippen molar-refractivity contribution in [3.05, 3.63) is 66.9 Å². The lowest BCUT2D eigenvalue weighted by molar-refractivity contribution is 0.0195. The molecule has 12 heteroatoms. The van der Waals surface area contributed by atoms with Gasteiger partial charge >= 0.3 is 6.09 Å². The van der Waals surface area contributed by atoms with Gasteiger partial charge in [-0.05, 0) is 63.6 Å². The van der Waals surface area contributed by atoms with E-state index in [0.29, 0.717) is 43.5 Å². The van der Waals surface area contributed by atoms with Crippen molar-refractivity contribution in [2.75, 3.05) is 36.5 Å². The summed E-state index contributed by atoms with van der Waals surface area (Å²) in [4.78, 5) is 30.1. The second kappa shape index (κ2) is 10.3. The monoisotopic (exact) mass is 580 g/mol. The largest absolute Gasteiger partial charge is 0.489 e. The Morgan fingerprint density at radius 2 is 1.93 bits per heavy atom. The number of nitrogens with one attached hydrogen (secondary N) is 1. The van der Waals surface area contributed by atoms with E-state index in [2.05, 4.69) is 36.3 Å². The van der Waals surface area contributed by atoms with Crippen molar-refractivity contribution in [3.8, 4) is 17.2 Å². The first-order chi connectivity index (χ1) is 20.7. The molecule has 0 radical (unpaired) electrons. The van der Waals surface area contributed by atoms with Gasteiger partial charge in [0, 0.05) is 49.0 Å². The predicted molar refractivity (Wildman–Crippen MR) is 161 cm³/mol. The third-order valence-electron chi connectivity index (χ3n) is 7.51. The normalized spacial score (nSPS) is 16.4. The van der Waals surface area contributed by atoms with E-state index in [0.717, 1.165) is 39.3 Å². The highest BCUT2D eigenvalue weighted by Gasteiger charge is 2.36. The Hall–Kier alpha value is -5.13. The van der Waals surface area contributed by atoms with Gasteiger partial charge < -0.3 is 29.3 Å². The molecule has 0 saturated carbocycles. The molecule has 2 aliphatic heterocycles. The van der Waals surface area contributed by atoms with Gasteiger partial charge in [-0.15, -0.1) is 0 Å². The maximum absolute atomic E-state index is 12.7.